The Balaban J connectivity index is 2.29. The van der Waals surface area contributed by atoms with Crippen LogP contribution in [0.3, 0.4) is 0 Å². The highest BCUT2D eigenvalue weighted by atomic mass is 35.5. The van der Waals surface area contributed by atoms with Crippen molar-refractivity contribution in [1.82, 2.24) is 9.97 Å². The molecular formula is C12H10Cl2N4O. The summed E-state index contributed by atoms with van der Waals surface area (Å²) in [5, 5.41) is 3.36. The molecule has 1 heterocycles. The van der Waals surface area contributed by atoms with Gasteiger partial charge in [-0.1, -0.05) is 29.3 Å². The largest absolute Gasteiger partial charge is 0.382 e. The third-order valence-corrected chi connectivity index (χ3v) is 3.23. The number of nitrogens with zero attached hydrogens (tertiary/aromatic N) is 2. The van der Waals surface area contributed by atoms with E-state index in [0.29, 0.717) is 15.7 Å². The van der Waals surface area contributed by atoms with Crippen LogP contribution in [0.15, 0.2) is 24.5 Å². The Morgan fingerprint density at radius 3 is 2.63 bits per heavy atom. The lowest BCUT2D eigenvalue weighted by molar-refractivity contribution is 0.102. The fourth-order valence-corrected chi connectivity index (χ4v) is 1.87. The van der Waals surface area contributed by atoms with Gasteiger partial charge >= 0.3 is 0 Å². The van der Waals surface area contributed by atoms with E-state index in [2.05, 4.69) is 15.3 Å². The first kappa shape index (κ1) is 13.6. The zero-order chi connectivity index (χ0) is 14.0. The van der Waals surface area contributed by atoms with Crippen LogP contribution in [-0.2, 0) is 0 Å². The molecule has 19 heavy (non-hydrogen) atoms. The van der Waals surface area contributed by atoms with Crippen LogP contribution < -0.4 is 11.1 Å². The van der Waals surface area contributed by atoms with Gasteiger partial charge in [0.15, 0.2) is 0 Å². The Bertz CT molecular complexity index is 628. The number of aryl methyl sites for hydroxylation is 1. The molecule has 0 bridgehead atoms. The van der Waals surface area contributed by atoms with Gasteiger partial charge in [-0.3, -0.25) is 4.79 Å². The number of hydrogen-bond acceptors (Lipinski definition) is 4. The van der Waals surface area contributed by atoms with Crippen LogP contribution in [0.4, 0.5) is 11.5 Å². The predicted octanol–water partition coefficient (Wildman–Crippen LogP) is 2.93. The molecule has 0 radical (unpaired) electrons. The fourth-order valence-electron chi connectivity index (χ4n) is 1.40. The van der Waals surface area contributed by atoms with Crippen molar-refractivity contribution < 1.29 is 4.79 Å². The molecule has 2 aromatic rings. The SMILES string of the molecule is Cc1ccc(Cl)c(NC(=O)c2cnc(N)cn2)c1Cl. The quantitative estimate of drug-likeness (QED) is 0.893. The van der Waals surface area contributed by atoms with Gasteiger partial charge in [0.25, 0.3) is 5.91 Å². The average molecular weight is 297 g/mol. The van der Waals surface area contributed by atoms with Crippen LogP contribution in [0.5, 0.6) is 0 Å². The summed E-state index contributed by atoms with van der Waals surface area (Å²) >= 11 is 12.1. The standard InChI is InChI=1S/C12H10Cl2N4O/c1-6-2-3-7(13)11(10(6)14)18-12(19)8-4-17-9(15)5-16-8/h2-5H,1H3,(H2,15,17)(H,18,19). The second kappa shape index (κ2) is 5.42. The van der Waals surface area contributed by atoms with Crippen molar-refractivity contribution >= 4 is 40.6 Å². The second-order valence-electron chi connectivity index (χ2n) is 3.83. The third kappa shape index (κ3) is 2.94. The molecule has 1 aromatic heterocycles. The number of nitrogens with one attached hydrogen (secondary N) is 1. The molecule has 1 aromatic carbocycles. The number of halogens is 2. The minimum atomic E-state index is -0.457. The molecule has 0 saturated carbocycles. The van der Waals surface area contributed by atoms with E-state index < -0.39 is 5.91 Å². The van der Waals surface area contributed by atoms with Crippen LogP contribution in [0.2, 0.25) is 10.0 Å². The normalized spacial score (nSPS) is 10.3. The maximum absolute atomic E-state index is 12.0. The van der Waals surface area contributed by atoms with E-state index in [9.17, 15) is 4.79 Å². The Hall–Kier alpha value is -1.85. The summed E-state index contributed by atoms with van der Waals surface area (Å²) < 4.78 is 0. The van der Waals surface area contributed by atoms with E-state index in [1.54, 1.807) is 12.1 Å². The van der Waals surface area contributed by atoms with Crippen LogP contribution in [0.25, 0.3) is 0 Å². The summed E-state index contributed by atoms with van der Waals surface area (Å²) in [6.45, 7) is 1.82. The van der Waals surface area contributed by atoms with Crippen molar-refractivity contribution in [2.75, 3.05) is 11.1 Å². The maximum Gasteiger partial charge on any atom is 0.275 e. The topological polar surface area (TPSA) is 80.9 Å². The second-order valence-corrected chi connectivity index (χ2v) is 4.62. The lowest BCUT2D eigenvalue weighted by atomic mass is 10.2. The summed E-state index contributed by atoms with van der Waals surface area (Å²) in [7, 11) is 0. The number of carbonyl (C=O) groups is 1. The summed E-state index contributed by atoms with van der Waals surface area (Å²) in [6, 6.07) is 3.43. The third-order valence-electron chi connectivity index (χ3n) is 2.43. The monoisotopic (exact) mass is 296 g/mol. The number of anilines is 2. The van der Waals surface area contributed by atoms with Gasteiger partial charge in [-0.2, -0.15) is 0 Å². The molecule has 2 rings (SSSR count). The maximum atomic E-state index is 12.0. The van der Waals surface area contributed by atoms with E-state index in [1.807, 2.05) is 6.92 Å². The molecule has 5 nitrogen and oxygen atoms in total. The molecule has 98 valence electrons. The molecule has 1 amide bonds. The van der Waals surface area contributed by atoms with Crippen molar-refractivity contribution in [3.8, 4) is 0 Å². The fraction of sp³-hybridized carbons (Fsp3) is 0.0833. The zero-order valence-corrected chi connectivity index (χ0v) is 11.5. The molecule has 0 unspecified atom stereocenters. The zero-order valence-electron chi connectivity index (χ0n) is 9.95. The number of amides is 1. The molecule has 0 aliphatic carbocycles. The Morgan fingerprint density at radius 1 is 1.26 bits per heavy atom. The van der Waals surface area contributed by atoms with E-state index in [4.69, 9.17) is 28.9 Å². The first-order valence-electron chi connectivity index (χ1n) is 5.32. The van der Waals surface area contributed by atoms with Gasteiger partial charge in [0.05, 0.1) is 28.1 Å². The molecule has 0 aliphatic rings. The highest BCUT2D eigenvalue weighted by Gasteiger charge is 2.14. The molecule has 0 spiro atoms. The highest BCUT2D eigenvalue weighted by molar-refractivity contribution is 6.40. The molecule has 0 atom stereocenters. The van der Waals surface area contributed by atoms with Crippen LogP contribution >= 0.6 is 23.2 Å². The molecular weight excluding hydrogens is 287 g/mol. The smallest absolute Gasteiger partial charge is 0.275 e. The van der Waals surface area contributed by atoms with Gasteiger partial charge < -0.3 is 11.1 Å². The van der Waals surface area contributed by atoms with Gasteiger partial charge in [0.1, 0.15) is 11.5 Å². The summed E-state index contributed by atoms with van der Waals surface area (Å²) in [4.78, 5) is 19.6. The van der Waals surface area contributed by atoms with Crippen LogP contribution in [0, 0.1) is 6.92 Å². The Kier molecular flexibility index (Phi) is 3.87. The number of aromatic nitrogens is 2. The van der Waals surface area contributed by atoms with E-state index in [-0.39, 0.29) is 11.5 Å². The number of nitrogen functional groups attached to an aromatic ring is 1. The molecule has 0 fully saturated rings. The number of carbonyl (C=O) groups excluding carboxylic acids is 1. The average Bonchev–Trinajstić information content (AvgIpc) is 2.40. The Morgan fingerprint density at radius 2 is 2.00 bits per heavy atom. The van der Waals surface area contributed by atoms with Gasteiger partial charge in [-0.15, -0.1) is 0 Å². The van der Waals surface area contributed by atoms with Crippen molar-refractivity contribution in [1.29, 1.82) is 0 Å². The first-order chi connectivity index (χ1) is 8.99. The van der Waals surface area contributed by atoms with Crippen LogP contribution in [0.1, 0.15) is 16.1 Å². The van der Waals surface area contributed by atoms with Gasteiger partial charge in [0, 0.05) is 0 Å². The number of hydrogen-bond donors (Lipinski definition) is 2. The van der Waals surface area contributed by atoms with Gasteiger partial charge in [0.2, 0.25) is 0 Å². The van der Waals surface area contributed by atoms with Crippen molar-refractivity contribution in [3.63, 3.8) is 0 Å². The first-order valence-corrected chi connectivity index (χ1v) is 6.08. The van der Waals surface area contributed by atoms with Crippen molar-refractivity contribution in [2.24, 2.45) is 0 Å². The Labute approximate surface area is 119 Å². The molecule has 0 aliphatic heterocycles. The lowest BCUT2D eigenvalue weighted by Gasteiger charge is -2.10. The molecule has 3 N–H and O–H groups in total. The van der Waals surface area contributed by atoms with Gasteiger partial charge in [-0.25, -0.2) is 9.97 Å². The highest BCUT2D eigenvalue weighted by Crippen LogP contribution is 2.33. The van der Waals surface area contributed by atoms with E-state index in [1.165, 1.54) is 12.4 Å². The molecule has 7 heteroatoms. The number of benzene rings is 1. The minimum Gasteiger partial charge on any atom is -0.382 e. The summed E-state index contributed by atoms with van der Waals surface area (Å²) in [5.74, 6) is -0.218. The predicted molar refractivity (Wildman–Crippen MR) is 75.6 cm³/mol. The van der Waals surface area contributed by atoms with E-state index >= 15 is 0 Å². The van der Waals surface area contributed by atoms with Gasteiger partial charge in [-0.05, 0) is 18.6 Å². The number of rotatable bonds is 2. The summed E-state index contributed by atoms with van der Waals surface area (Å²) in [6.07, 6.45) is 2.58. The van der Waals surface area contributed by atoms with Crippen LogP contribution in [-0.4, -0.2) is 15.9 Å². The number of nitrogens with two attached hydrogens (primary N) is 1. The summed E-state index contributed by atoms with van der Waals surface area (Å²) in [5.41, 5.74) is 6.69. The van der Waals surface area contributed by atoms with Crippen molar-refractivity contribution in [2.45, 2.75) is 6.92 Å². The van der Waals surface area contributed by atoms with E-state index in [0.717, 1.165) is 5.56 Å². The minimum absolute atomic E-state index is 0.128. The van der Waals surface area contributed by atoms with Crippen molar-refractivity contribution in [3.05, 3.63) is 45.8 Å². The lowest BCUT2D eigenvalue weighted by Crippen LogP contribution is -2.15. The molecule has 0 saturated heterocycles.